The molecule has 1 aromatic carbocycles. The molecule has 0 bridgehead atoms. The van der Waals surface area contributed by atoms with Crippen molar-refractivity contribution in [2.45, 2.75) is 13.0 Å². The summed E-state index contributed by atoms with van der Waals surface area (Å²) in [5.41, 5.74) is 1.11. The van der Waals surface area contributed by atoms with Crippen molar-refractivity contribution in [1.29, 1.82) is 0 Å². The van der Waals surface area contributed by atoms with E-state index in [0.29, 0.717) is 6.54 Å². The van der Waals surface area contributed by atoms with Crippen LogP contribution in [-0.4, -0.2) is 24.2 Å². The Bertz CT molecular complexity index is 633. The van der Waals surface area contributed by atoms with Gasteiger partial charge >= 0.3 is 11.9 Å². The second kappa shape index (κ2) is 6.90. The van der Waals surface area contributed by atoms with Crippen molar-refractivity contribution < 1.29 is 19.4 Å². The van der Waals surface area contributed by atoms with Gasteiger partial charge in [-0.25, -0.2) is 4.79 Å². The highest BCUT2D eigenvalue weighted by atomic mass is 32.1. The van der Waals surface area contributed by atoms with Crippen molar-refractivity contribution in [2.24, 2.45) is 0 Å². The first-order valence-corrected chi connectivity index (χ1v) is 7.12. The molecule has 0 amide bonds. The van der Waals surface area contributed by atoms with Gasteiger partial charge in [0.25, 0.3) is 0 Å². The van der Waals surface area contributed by atoms with Crippen LogP contribution in [0.3, 0.4) is 0 Å². The summed E-state index contributed by atoms with van der Waals surface area (Å²) < 4.78 is 4.63. The standard InChI is InChI=1S/C15H15NO4S/c1-20-14(17)8-12-6-7-13(21-12)9-16-11-4-2-10(3-5-11)15(18)19/h2-7,16H,8-9H2,1H3,(H,18,19). The van der Waals surface area contributed by atoms with Crippen molar-refractivity contribution in [3.63, 3.8) is 0 Å². The monoisotopic (exact) mass is 305 g/mol. The Kier molecular flexibility index (Phi) is 4.94. The van der Waals surface area contributed by atoms with Gasteiger partial charge in [0.05, 0.1) is 19.1 Å². The molecule has 0 saturated heterocycles. The van der Waals surface area contributed by atoms with Crippen LogP contribution in [-0.2, 0) is 22.5 Å². The Morgan fingerprint density at radius 3 is 2.43 bits per heavy atom. The van der Waals surface area contributed by atoms with Crippen LogP contribution in [0.1, 0.15) is 20.1 Å². The third kappa shape index (κ3) is 4.32. The average Bonchev–Trinajstić information content (AvgIpc) is 2.93. The van der Waals surface area contributed by atoms with Crippen molar-refractivity contribution in [2.75, 3.05) is 12.4 Å². The molecule has 6 heteroatoms. The third-order valence-corrected chi connectivity index (χ3v) is 3.95. The summed E-state index contributed by atoms with van der Waals surface area (Å²) in [4.78, 5) is 24.0. The number of nitrogens with one attached hydrogen (secondary N) is 1. The topological polar surface area (TPSA) is 75.6 Å². The zero-order chi connectivity index (χ0) is 15.2. The van der Waals surface area contributed by atoms with Gasteiger partial charge in [-0.15, -0.1) is 11.3 Å². The van der Waals surface area contributed by atoms with Crippen LogP contribution in [0.2, 0.25) is 0 Å². The van der Waals surface area contributed by atoms with Crippen LogP contribution >= 0.6 is 11.3 Å². The molecule has 0 fully saturated rings. The summed E-state index contributed by atoms with van der Waals surface area (Å²) in [6, 6.07) is 10.4. The van der Waals surface area contributed by atoms with E-state index in [9.17, 15) is 9.59 Å². The van der Waals surface area contributed by atoms with Crippen LogP contribution in [0.5, 0.6) is 0 Å². The Morgan fingerprint density at radius 1 is 1.14 bits per heavy atom. The Hall–Kier alpha value is -2.34. The van der Waals surface area contributed by atoms with Gasteiger partial charge in [-0.3, -0.25) is 4.79 Å². The summed E-state index contributed by atoms with van der Waals surface area (Å²) in [6.45, 7) is 0.623. The smallest absolute Gasteiger partial charge is 0.335 e. The third-order valence-electron chi connectivity index (χ3n) is 2.86. The lowest BCUT2D eigenvalue weighted by Gasteiger charge is -2.05. The number of ether oxygens (including phenoxy) is 1. The zero-order valence-electron chi connectivity index (χ0n) is 11.5. The number of esters is 1. The highest BCUT2D eigenvalue weighted by molar-refractivity contribution is 7.12. The molecule has 0 aliphatic rings. The predicted molar refractivity (Wildman–Crippen MR) is 80.8 cm³/mol. The first-order chi connectivity index (χ1) is 10.1. The van der Waals surface area contributed by atoms with Crippen LogP contribution in [0, 0.1) is 0 Å². The molecule has 5 nitrogen and oxygen atoms in total. The molecule has 1 heterocycles. The number of benzene rings is 1. The summed E-state index contributed by atoms with van der Waals surface area (Å²) in [5, 5.41) is 12.0. The molecule has 0 radical (unpaired) electrons. The fraction of sp³-hybridized carbons (Fsp3) is 0.200. The fourth-order valence-corrected chi connectivity index (χ4v) is 2.69. The van der Waals surface area contributed by atoms with E-state index in [-0.39, 0.29) is 18.0 Å². The summed E-state index contributed by atoms with van der Waals surface area (Å²) in [7, 11) is 1.37. The minimum Gasteiger partial charge on any atom is -0.478 e. The lowest BCUT2D eigenvalue weighted by atomic mass is 10.2. The van der Waals surface area contributed by atoms with Crippen LogP contribution in [0.4, 0.5) is 5.69 Å². The normalized spacial score (nSPS) is 10.1. The SMILES string of the molecule is COC(=O)Cc1ccc(CNc2ccc(C(=O)O)cc2)s1. The maximum atomic E-state index is 11.2. The van der Waals surface area contributed by atoms with Gasteiger partial charge in [-0.2, -0.15) is 0 Å². The number of thiophene rings is 1. The van der Waals surface area contributed by atoms with Gasteiger partial charge in [0.2, 0.25) is 0 Å². The molecular weight excluding hydrogens is 290 g/mol. The van der Waals surface area contributed by atoms with E-state index in [1.165, 1.54) is 7.11 Å². The van der Waals surface area contributed by atoms with Gasteiger partial charge in [0.1, 0.15) is 0 Å². The molecular formula is C15H15NO4S. The van der Waals surface area contributed by atoms with Crippen molar-refractivity contribution in [1.82, 2.24) is 0 Å². The summed E-state index contributed by atoms with van der Waals surface area (Å²) in [6.07, 6.45) is 0.286. The molecule has 0 aliphatic carbocycles. The maximum absolute atomic E-state index is 11.2. The molecule has 0 atom stereocenters. The number of anilines is 1. The van der Waals surface area contributed by atoms with Crippen LogP contribution in [0.25, 0.3) is 0 Å². The minimum absolute atomic E-state index is 0.249. The number of carboxylic acid groups (broad SMARTS) is 1. The van der Waals surface area contributed by atoms with Gasteiger partial charge in [-0.1, -0.05) is 0 Å². The second-order valence-electron chi connectivity index (χ2n) is 4.36. The number of carboxylic acids is 1. The number of carbonyl (C=O) groups is 2. The molecule has 1 aromatic heterocycles. The Labute approximate surface area is 126 Å². The molecule has 2 rings (SSSR count). The van der Waals surface area contributed by atoms with Gasteiger partial charge in [0.15, 0.2) is 0 Å². The summed E-state index contributed by atoms with van der Waals surface area (Å²) in [5.74, 6) is -1.19. The zero-order valence-corrected chi connectivity index (χ0v) is 12.3. The molecule has 2 aromatic rings. The van der Waals surface area contributed by atoms with E-state index in [1.54, 1.807) is 35.6 Å². The van der Waals surface area contributed by atoms with Crippen molar-refractivity contribution in [3.05, 3.63) is 51.7 Å². The van der Waals surface area contributed by atoms with Crippen molar-refractivity contribution in [3.8, 4) is 0 Å². The van der Waals surface area contributed by atoms with Crippen LogP contribution in [0.15, 0.2) is 36.4 Å². The highest BCUT2D eigenvalue weighted by Crippen LogP contribution is 2.19. The Balaban J connectivity index is 1.90. The number of methoxy groups -OCH3 is 1. The van der Waals surface area contributed by atoms with Gasteiger partial charge in [-0.05, 0) is 36.4 Å². The molecule has 0 saturated carbocycles. The van der Waals surface area contributed by atoms with Crippen LogP contribution < -0.4 is 5.32 Å². The molecule has 21 heavy (non-hydrogen) atoms. The Morgan fingerprint density at radius 2 is 1.81 bits per heavy atom. The molecule has 0 unspecified atom stereocenters. The molecule has 110 valence electrons. The average molecular weight is 305 g/mol. The van der Waals surface area contributed by atoms with E-state index in [4.69, 9.17) is 5.11 Å². The summed E-state index contributed by atoms with van der Waals surface area (Å²) >= 11 is 1.55. The van der Waals surface area contributed by atoms with Crippen molar-refractivity contribution >= 4 is 29.0 Å². The second-order valence-corrected chi connectivity index (χ2v) is 5.61. The largest absolute Gasteiger partial charge is 0.478 e. The van der Waals surface area contributed by atoms with E-state index in [0.717, 1.165) is 15.4 Å². The minimum atomic E-state index is -0.938. The predicted octanol–water partition coefficient (Wildman–Crippen LogP) is 2.77. The molecule has 2 N–H and O–H groups in total. The van der Waals surface area contributed by atoms with E-state index < -0.39 is 5.97 Å². The first-order valence-electron chi connectivity index (χ1n) is 6.30. The molecule has 0 spiro atoms. The number of aromatic carboxylic acids is 1. The number of hydrogen-bond acceptors (Lipinski definition) is 5. The number of rotatable bonds is 6. The lowest BCUT2D eigenvalue weighted by molar-refractivity contribution is -0.139. The fourth-order valence-electron chi connectivity index (χ4n) is 1.75. The molecule has 0 aliphatic heterocycles. The number of hydrogen-bond donors (Lipinski definition) is 2. The van der Waals surface area contributed by atoms with E-state index in [2.05, 4.69) is 10.1 Å². The highest BCUT2D eigenvalue weighted by Gasteiger charge is 2.06. The van der Waals surface area contributed by atoms with E-state index in [1.807, 2.05) is 12.1 Å². The quantitative estimate of drug-likeness (QED) is 0.803. The van der Waals surface area contributed by atoms with Gasteiger partial charge in [0, 0.05) is 22.0 Å². The lowest BCUT2D eigenvalue weighted by Crippen LogP contribution is -2.02. The van der Waals surface area contributed by atoms with Gasteiger partial charge < -0.3 is 15.2 Å². The first kappa shape index (κ1) is 15.1. The number of carbonyl (C=O) groups excluding carboxylic acids is 1. The van der Waals surface area contributed by atoms with E-state index >= 15 is 0 Å². The maximum Gasteiger partial charge on any atom is 0.335 e.